The van der Waals surface area contributed by atoms with Crippen molar-refractivity contribution in [2.75, 3.05) is 27.4 Å². The van der Waals surface area contributed by atoms with Crippen LogP contribution in [0.15, 0.2) is 12.1 Å². The highest BCUT2D eigenvalue weighted by Crippen LogP contribution is 2.38. The zero-order chi connectivity index (χ0) is 13.1. The van der Waals surface area contributed by atoms with Crippen molar-refractivity contribution in [3.05, 3.63) is 23.3 Å². The third kappa shape index (κ3) is 2.60. The van der Waals surface area contributed by atoms with Crippen molar-refractivity contribution >= 4 is 0 Å². The molecule has 0 aromatic heterocycles. The van der Waals surface area contributed by atoms with Crippen LogP contribution in [-0.4, -0.2) is 32.3 Å². The molecule has 2 rings (SSSR count). The van der Waals surface area contributed by atoms with Crippen molar-refractivity contribution in [2.45, 2.75) is 25.8 Å². The van der Waals surface area contributed by atoms with Crippen molar-refractivity contribution in [1.29, 1.82) is 0 Å². The summed E-state index contributed by atoms with van der Waals surface area (Å²) < 4.78 is 10.9. The van der Waals surface area contributed by atoms with Gasteiger partial charge in [-0.1, -0.05) is 0 Å². The molecule has 0 aliphatic carbocycles. The molecule has 0 radical (unpaired) electrons. The second-order valence-corrected chi connectivity index (χ2v) is 4.97. The van der Waals surface area contributed by atoms with Gasteiger partial charge in [-0.3, -0.25) is 0 Å². The van der Waals surface area contributed by atoms with E-state index in [0.29, 0.717) is 12.8 Å². The number of aryl methyl sites for hydroxylation is 1. The summed E-state index contributed by atoms with van der Waals surface area (Å²) >= 11 is 0. The Bertz CT molecular complexity index is 419. The van der Waals surface area contributed by atoms with E-state index in [1.54, 1.807) is 0 Å². The summed E-state index contributed by atoms with van der Waals surface area (Å²) in [5.74, 6) is 1.71. The van der Waals surface area contributed by atoms with Crippen LogP contribution in [-0.2, 0) is 0 Å². The van der Waals surface area contributed by atoms with E-state index in [1.165, 1.54) is 11.1 Å². The fourth-order valence-corrected chi connectivity index (χ4v) is 2.42. The van der Waals surface area contributed by atoms with Crippen LogP contribution in [0.3, 0.4) is 0 Å². The van der Waals surface area contributed by atoms with E-state index >= 15 is 0 Å². The van der Waals surface area contributed by atoms with E-state index < -0.39 is 0 Å². The number of nitrogens with zero attached hydrogens (tertiary/aromatic N) is 1. The number of nitrogens with two attached hydrogens (primary N) is 1. The average molecular weight is 250 g/mol. The van der Waals surface area contributed by atoms with Crippen LogP contribution < -0.4 is 15.2 Å². The van der Waals surface area contributed by atoms with Gasteiger partial charge in [0, 0.05) is 6.04 Å². The van der Waals surface area contributed by atoms with E-state index in [2.05, 4.69) is 38.1 Å². The third-order valence-electron chi connectivity index (χ3n) is 3.43. The molecule has 2 N–H and O–H groups in total. The Morgan fingerprint density at radius 2 is 1.94 bits per heavy atom. The van der Waals surface area contributed by atoms with Gasteiger partial charge >= 0.3 is 0 Å². The van der Waals surface area contributed by atoms with Gasteiger partial charge in [0.15, 0.2) is 11.5 Å². The van der Waals surface area contributed by atoms with Crippen molar-refractivity contribution in [3.63, 3.8) is 0 Å². The van der Waals surface area contributed by atoms with Gasteiger partial charge in [-0.2, -0.15) is 0 Å². The van der Waals surface area contributed by atoms with Crippen LogP contribution in [0.4, 0.5) is 0 Å². The summed E-state index contributed by atoms with van der Waals surface area (Å²) in [5.41, 5.74) is 8.17. The Balaban J connectivity index is 2.29. The van der Waals surface area contributed by atoms with Gasteiger partial charge in [-0.05, 0) is 63.7 Å². The maximum absolute atomic E-state index is 5.62. The lowest BCUT2D eigenvalue weighted by Gasteiger charge is -2.26. The molecule has 1 heterocycles. The molecule has 0 fully saturated rings. The molecule has 0 bridgehead atoms. The van der Waals surface area contributed by atoms with E-state index in [1.807, 2.05) is 0 Å². The molecule has 100 valence electrons. The van der Waals surface area contributed by atoms with Crippen molar-refractivity contribution in [2.24, 2.45) is 5.73 Å². The van der Waals surface area contributed by atoms with Gasteiger partial charge in [0.05, 0.1) is 0 Å². The fourth-order valence-electron chi connectivity index (χ4n) is 2.42. The number of rotatable bonds is 5. The Morgan fingerprint density at radius 3 is 2.56 bits per heavy atom. The zero-order valence-corrected chi connectivity index (χ0v) is 11.4. The number of ether oxygens (including phenoxy) is 2. The quantitative estimate of drug-likeness (QED) is 0.869. The van der Waals surface area contributed by atoms with Crippen LogP contribution in [0.1, 0.15) is 30.0 Å². The van der Waals surface area contributed by atoms with Crippen LogP contribution in [0.25, 0.3) is 0 Å². The lowest BCUT2D eigenvalue weighted by Crippen LogP contribution is -2.21. The summed E-state index contributed by atoms with van der Waals surface area (Å²) in [5, 5.41) is 0. The first kappa shape index (κ1) is 13.2. The summed E-state index contributed by atoms with van der Waals surface area (Å²) in [6.45, 7) is 3.18. The largest absolute Gasteiger partial charge is 0.454 e. The average Bonchev–Trinajstić information content (AvgIpc) is 2.76. The topological polar surface area (TPSA) is 47.7 Å². The molecule has 1 aliphatic rings. The van der Waals surface area contributed by atoms with Gasteiger partial charge in [0.25, 0.3) is 0 Å². The minimum atomic E-state index is 0.327. The number of fused-ring (bicyclic) bond motifs is 1. The van der Waals surface area contributed by atoms with Gasteiger partial charge in [-0.15, -0.1) is 0 Å². The first-order valence-electron chi connectivity index (χ1n) is 6.40. The lowest BCUT2D eigenvalue weighted by molar-refractivity contribution is 0.174. The van der Waals surface area contributed by atoms with Gasteiger partial charge in [0.2, 0.25) is 6.79 Å². The van der Waals surface area contributed by atoms with Gasteiger partial charge in [-0.25, -0.2) is 0 Å². The summed E-state index contributed by atoms with van der Waals surface area (Å²) in [6, 6.07) is 4.55. The minimum Gasteiger partial charge on any atom is -0.454 e. The second kappa shape index (κ2) is 5.59. The van der Waals surface area contributed by atoms with Crippen LogP contribution in [0.5, 0.6) is 11.5 Å². The predicted octanol–water partition coefficient (Wildman–Crippen LogP) is 2.07. The highest BCUT2D eigenvalue weighted by atomic mass is 16.7. The van der Waals surface area contributed by atoms with Crippen LogP contribution in [0.2, 0.25) is 0 Å². The van der Waals surface area contributed by atoms with Crippen molar-refractivity contribution < 1.29 is 9.47 Å². The number of benzene rings is 1. The molecule has 4 nitrogen and oxygen atoms in total. The zero-order valence-electron chi connectivity index (χ0n) is 11.4. The molecule has 4 heteroatoms. The van der Waals surface area contributed by atoms with Crippen molar-refractivity contribution in [3.8, 4) is 11.5 Å². The summed E-state index contributed by atoms with van der Waals surface area (Å²) in [6.07, 6.45) is 2.08. The van der Waals surface area contributed by atoms with Crippen LogP contribution >= 0.6 is 0 Å². The van der Waals surface area contributed by atoms with E-state index in [-0.39, 0.29) is 0 Å². The molecular weight excluding hydrogens is 228 g/mol. The van der Waals surface area contributed by atoms with Gasteiger partial charge < -0.3 is 20.1 Å². The Morgan fingerprint density at radius 1 is 1.28 bits per heavy atom. The molecule has 1 atom stereocenters. The Hall–Kier alpha value is -1.26. The summed E-state index contributed by atoms with van der Waals surface area (Å²) in [7, 11) is 4.20. The normalized spacial score (nSPS) is 15.2. The number of hydrogen-bond donors (Lipinski definition) is 1. The molecule has 1 aromatic carbocycles. The monoisotopic (exact) mass is 250 g/mol. The summed E-state index contributed by atoms with van der Waals surface area (Å²) in [4.78, 5) is 2.24. The lowest BCUT2D eigenvalue weighted by atomic mass is 9.96. The smallest absolute Gasteiger partial charge is 0.231 e. The maximum Gasteiger partial charge on any atom is 0.231 e. The van der Waals surface area contributed by atoms with Crippen LogP contribution in [0, 0.1) is 6.92 Å². The highest BCUT2D eigenvalue weighted by molar-refractivity contribution is 5.49. The minimum absolute atomic E-state index is 0.327. The number of hydrogen-bond acceptors (Lipinski definition) is 4. The third-order valence-corrected chi connectivity index (χ3v) is 3.43. The molecular formula is C14H22N2O2. The molecule has 1 aromatic rings. The molecule has 0 saturated heterocycles. The molecule has 0 amide bonds. The Labute approximate surface area is 109 Å². The van der Waals surface area contributed by atoms with Crippen molar-refractivity contribution in [1.82, 2.24) is 4.90 Å². The first-order valence-corrected chi connectivity index (χ1v) is 6.40. The molecule has 1 unspecified atom stereocenters. The molecule has 18 heavy (non-hydrogen) atoms. The molecule has 1 aliphatic heterocycles. The maximum atomic E-state index is 5.62. The van der Waals surface area contributed by atoms with E-state index in [0.717, 1.165) is 30.9 Å². The standard InChI is InChI=1S/C14H22N2O2/c1-10-7-13-14(18-9-17-13)8-11(10)12(16(2)3)5-4-6-15/h7-8,12H,4-6,9,15H2,1-3H3. The Kier molecular flexibility index (Phi) is 4.09. The second-order valence-electron chi connectivity index (χ2n) is 4.97. The predicted molar refractivity (Wildman–Crippen MR) is 72.0 cm³/mol. The fraction of sp³-hybridized carbons (Fsp3) is 0.571. The SMILES string of the molecule is Cc1cc2c(cc1C(CCCN)N(C)C)OCO2. The van der Waals surface area contributed by atoms with E-state index in [4.69, 9.17) is 15.2 Å². The molecule has 0 spiro atoms. The first-order chi connectivity index (χ1) is 8.63. The van der Waals surface area contributed by atoms with Gasteiger partial charge in [0.1, 0.15) is 0 Å². The highest BCUT2D eigenvalue weighted by Gasteiger charge is 2.21. The molecule has 0 saturated carbocycles. The van der Waals surface area contributed by atoms with E-state index in [9.17, 15) is 0 Å².